The van der Waals surface area contributed by atoms with Gasteiger partial charge >= 0.3 is 0 Å². The van der Waals surface area contributed by atoms with Crippen LogP contribution >= 0.6 is 46.0 Å². The fraction of sp³-hybridized carbons (Fsp3) is 0.154. The summed E-state index contributed by atoms with van der Waals surface area (Å²) >= 11 is 9.31. The summed E-state index contributed by atoms with van der Waals surface area (Å²) in [5, 5.41) is 0.244. The molecule has 0 saturated carbocycles. The van der Waals surface area contributed by atoms with Crippen molar-refractivity contribution in [2.24, 2.45) is 0 Å². The van der Waals surface area contributed by atoms with Crippen LogP contribution in [0.15, 0.2) is 65.6 Å². The van der Waals surface area contributed by atoms with E-state index in [0.29, 0.717) is 45.0 Å². The SMILES string of the molecule is CCOc1cc(/C=C2\SC(=O)N(c3ccccc3OC)C2=O)cc(I)c1OCc1ccccc1Cl. The van der Waals surface area contributed by atoms with Gasteiger partial charge in [-0.1, -0.05) is 41.9 Å². The summed E-state index contributed by atoms with van der Waals surface area (Å²) in [6.45, 7) is 2.61. The van der Waals surface area contributed by atoms with Gasteiger partial charge in [0, 0.05) is 10.6 Å². The van der Waals surface area contributed by atoms with Crippen molar-refractivity contribution in [2.45, 2.75) is 13.5 Å². The Hall–Kier alpha value is -2.69. The Morgan fingerprint density at radius 3 is 2.51 bits per heavy atom. The molecule has 9 heteroatoms. The molecule has 0 N–H and O–H groups in total. The fourth-order valence-corrected chi connectivity index (χ4v) is 5.29. The molecule has 1 saturated heterocycles. The second-order valence-electron chi connectivity index (χ2n) is 7.33. The van der Waals surface area contributed by atoms with Crippen molar-refractivity contribution in [3.63, 3.8) is 0 Å². The van der Waals surface area contributed by atoms with Crippen molar-refractivity contribution in [2.75, 3.05) is 18.6 Å². The monoisotopic (exact) mass is 621 g/mol. The molecule has 1 heterocycles. The molecule has 3 aromatic rings. The molecule has 0 spiro atoms. The van der Waals surface area contributed by atoms with Crippen molar-refractivity contribution < 1.29 is 23.8 Å². The highest BCUT2D eigenvalue weighted by Crippen LogP contribution is 2.41. The molecule has 1 fully saturated rings. The smallest absolute Gasteiger partial charge is 0.298 e. The summed E-state index contributed by atoms with van der Waals surface area (Å²) in [5.41, 5.74) is 1.99. The van der Waals surface area contributed by atoms with Crippen LogP contribution in [0.4, 0.5) is 10.5 Å². The molecule has 35 heavy (non-hydrogen) atoms. The average Bonchev–Trinajstić information content (AvgIpc) is 3.12. The first-order valence-electron chi connectivity index (χ1n) is 10.7. The highest BCUT2D eigenvalue weighted by molar-refractivity contribution is 14.1. The number of carbonyl (C=O) groups excluding carboxylic acids is 2. The van der Waals surface area contributed by atoms with Gasteiger partial charge in [-0.25, -0.2) is 4.90 Å². The molecule has 0 atom stereocenters. The van der Waals surface area contributed by atoms with Crippen LogP contribution in [0, 0.1) is 3.57 Å². The molecule has 1 aliphatic rings. The third-order valence-electron chi connectivity index (χ3n) is 5.08. The summed E-state index contributed by atoms with van der Waals surface area (Å²) in [7, 11) is 1.50. The number of methoxy groups -OCH3 is 1. The van der Waals surface area contributed by atoms with E-state index >= 15 is 0 Å². The standard InChI is InChI=1S/C26H21ClINO5S/c1-3-33-22-13-16(12-19(28)24(22)34-15-17-8-4-5-9-18(17)27)14-23-25(30)29(26(31)35-23)20-10-6-7-11-21(20)32-2/h4-14H,3,15H2,1-2H3/b23-14-. The predicted octanol–water partition coefficient (Wildman–Crippen LogP) is 7.17. The van der Waals surface area contributed by atoms with E-state index in [9.17, 15) is 9.59 Å². The number of carbonyl (C=O) groups is 2. The molecule has 3 aromatic carbocycles. The maximum atomic E-state index is 13.1. The zero-order valence-electron chi connectivity index (χ0n) is 18.9. The maximum Gasteiger partial charge on any atom is 0.298 e. The lowest BCUT2D eigenvalue weighted by Gasteiger charge is -2.16. The van der Waals surface area contributed by atoms with E-state index in [2.05, 4.69) is 22.6 Å². The van der Waals surface area contributed by atoms with Gasteiger partial charge in [-0.3, -0.25) is 9.59 Å². The Morgan fingerprint density at radius 1 is 1.03 bits per heavy atom. The highest BCUT2D eigenvalue weighted by atomic mass is 127. The topological polar surface area (TPSA) is 65.1 Å². The first kappa shape index (κ1) is 25.4. The Bertz CT molecular complexity index is 1310. The van der Waals surface area contributed by atoms with E-state index in [-0.39, 0.29) is 11.8 Å². The van der Waals surface area contributed by atoms with E-state index in [1.54, 1.807) is 36.4 Å². The zero-order chi connectivity index (χ0) is 24.9. The molecule has 2 amide bonds. The number of hydrogen-bond acceptors (Lipinski definition) is 6. The normalized spacial score (nSPS) is 14.5. The van der Waals surface area contributed by atoms with Gasteiger partial charge in [0.25, 0.3) is 11.1 Å². The summed E-state index contributed by atoms with van der Waals surface area (Å²) in [4.78, 5) is 27.3. The van der Waals surface area contributed by atoms with E-state index in [4.69, 9.17) is 25.8 Å². The van der Waals surface area contributed by atoms with Crippen molar-refractivity contribution in [1.82, 2.24) is 0 Å². The minimum Gasteiger partial charge on any atom is -0.495 e. The number of halogens is 2. The largest absolute Gasteiger partial charge is 0.495 e. The molecule has 180 valence electrons. The lowest BCUT2D eigenvalue weighted by molar-refractivity contribution is -0.113. The molecule has 4 rings (SSSR count). The molecular weight excluding hydrogens is 601 g/mol. The summed E-state index contributed by atoms with van der Waals surface area (Å²) in [5.74, 6) is 1.18. The Kier molecular flexibility index (Phi) is 8.25. The zero-order valence-corrected chi connectivity index (χ0v) is 22.6. The van der Waals surface area contributed by atoms with Gasteiger partial charge in [-0.05, 0) is 83.2 Å². The number of anilines is 1. The third-order valence-corrected chi connectivity index (χ3v) is 7.12. The number of thioether (sulfide) groups is 1. The maximum absolute atomic E-state index is 13.1. The van der Waals surface area contributed by atoms with Crippen LogP contribution < -0.4 is 19.1 Å². The minimum absolute atomic E-state index is 0.285. The van der Waals surface area contributed by atoms with E-state index < -0.39 is 5.91 Å². The lowest BCUT2D eigenvalue weighted by Crippen LogP contribution is -2.28. The summed E-state index contributed by atoms with van der Waals surface area (Å²) in [6, 6.07) is 18.1. The third kappa shape index (κ3) is 5.60. The van der Waals surface area contributed by atoms with Crippen LogP contribution in [-0.4, -0.2) is 24.9 Å². The minimum atomic E-state index is -0.406. The van der Waals surface area contributed by atoms with Gasteiger partial charge in [0.2, 0.25) is 0 Å². The fourth-order valence-electron chi connectivity index (χ4n) is 3.48. The molecule has 0 radical (unpaired) electrons. The van der Waals surface area contributed by atoms with Gasteiger partial charge < -0.3 is 14.2 Å². The second kappa shape index (κ2) is 11.4. The Balaban J connectivity index is 1.62. The molecule has 6 nitrogen and oxygen atoms in total. The lowest BCUT2D eigenvalue weighted by atomic mass is 10.1. The van der Waals surface area contributed by atoms with Gasteiger partial charge in [-0.2, -0.15) is 0 Å². The number of ether oxygens (including phenoxy) is 3. The Labute approximate surface area is 226 Å². The first-order chi connectivity index (χ1) is 16.9. The quantitative estimate of drug-likeness (QED) is 0.196. The number of rotatable bonds is 8. The number of benzene rings is 3. The molecule has 0 bridgehead atoms. The number of hydrogen-bond donors (Lipinski definition) is 0. The number of para-hydroxylation sites is 2. The van der Waals surface area contributed by atoms with E-state index in [0.717, 1.165) is 25.8 Å². The average molecular weight is 622 g/mol. The number of imide groups is 1. The second-order valence-corrected chi connectivity index (χ2v) is 9.89. The number of amides is 2. The van der Waals surface area contributed by atoms with Gasteiger partial charge in [-0.15, -0.1) is 0 Å². The van der Waals surface area contributed by atoms with Crippen LogP contribution in [0.3, 0.4) is 0 Å². The molecule has 1 aliphatic heterocycles. The van der Waals surface area contributed by atoms with Crippen LogP contribution in [0.2, 0.25) is 5.02 Å². The summed E-state index contributed by atoms with van der Waals surface area (Å²) < 4.78 is 18.0. The highest BCUT2D eigenvalue weighted by Gasteiger charge is 2.37. The molecular formula is C26H21ClINO5S. The van der Waals surface area contributed by atoms with Gasteiger partial charge in [0.1, 0.15) is 12.4 Å². The van der Waals surface area contributed by atoms with Crippen LogP contribution in [0.1, 0.15) is 18.1 Å². The van der Waals surface area contributed by atoms with Crippen LogP contribution in [0.25, 0.3) is 6.08 Å². The predicted molar refractivity (Wildman–Crippen MR) is 148 cm³/mol. The van der Waals surface area contributed by atoms with E-state index in [1.165, 1.54) is 7.11 Å². The molecule has 0 aromatic heterocycles. The van der Waals surface area contributed by atoms with E-state index in [1.807, 2.05) is 37.3 Å². The Morgan fingerprint density at radius 2 is 1.77 bits per heavy atom. The van der Waals surface area contributed by atoms with Crippen molar-refractivity contribution >= 4 is 68.9 Å². The first-order valence-corrected chi connectivity index (χ1v) is 12.9. The molecule has 0 aliphatic carbocycles. The van der Waals surface area contributed by atoms with Gasteiger partial charge in [0.05, 0.1) is 27.9 Å². The molecule has 0 unspecified atom stereocenters. The van der Waals surface area contributed by atoms with Crippen molar-refractivity contribution in [1.29, 1.82) is 0 Å². The summed E-state index contributed by atoms with van der Waals surface area (Å²) in [6.07, 6.45) is 1.68. The van der Waals surface area contributed by atoms with Crippen molar-refractivity contribution in [3.8, 4) is 17.2 Å². The number of nitrogens with zero attached hydrogens (tertiary/aromatic N) is 1. The van der Waals surface area contributed by atoms with Crippen molar-refractivity contribution in [3.05, 3.63) is 85.3 Å². The van der Waals surface area contributed by atoms with Crippen LogP contribution in [-0.2, 0) is 11.4 Å². The van der Waals surface area contributed by atoms with Crippen LogP contribution in [0.5, 0.6) is 17.2 Å². The van der Waals surface area contributed by atoms with Gasteiger partial charge in [0.15, 0.2) is 11.5 Å².